The zero-order chi connectivity index (χ0) is 20.1. The highest BCUT2D eigenvalue weighted by Gasteiger charge is 2.23. The summed E-state index contributed by atoms with van der Waals surface area (Å²) in [6.07, 6.45) is 2.12. The van der Waals surface area contributed by atoms with E-state index in [1.165, 1.54) is 38.2 Å². The Morgan fingerprint density at radius 3 is 1.55 bits per heavy atom. The van der Waals surface area contributed by atoms with Gasteiger partial charge >= 0.3 is 0 Å². The zero-order valence-electron chi connectivity index (χ0n) is 17.2. The monoisotopic (exact) mass is 394 g/mol. The topological polar surface area (TPSA) is 0 Å². The first-order chi connectivity index (χ1) is 14.3. The van der Waals surface area contributed by atoms with E-state index in [2.05, 4.69) is 117 Å². The minimum atomic E-state index is -0.630. The van der Waals surface area contributed by atoms with Crippen molar-refractivity contribution in [3.8, 4) is 11.1 Å². The zero-order valence-corrected chi connectivity index (χ0v) is 18.1. The highest BCUT2D eigenvalue weighted by atomic mass is 31.1. The van der Waals surface area contributed by atoms with Gasteiger partial charge in [-0.15, -0.1) is 0 Å². The van der Waals surface area contributed by atoms with Crippen LogP contribution >= 0.6 is 7.92 Å². The molecule has 144 valence electrons. The quantitative estimate of drug-likeness (QED) is 0.340. The van der Waals surface area contributed by atoms with E-state index in [-0.39, 0.29) is 0 Å². The second-order valence-electron chi connectivity index (χ2n) is 7.18. The Balaban J connectivity index is 2.03. The molecule has 0 aliphatic rings. The molecule has 0 heterocycles. The molecule has 0 amide bonds. The van der Waals surface area contributed by atoms with Crippen LogP contribution in [-0.2, 0) is 12.8 Å². The molecule has 29 heavy (non-hydrogen) atoms. The third-order valence-electron chi connectivity index (χ3n) is 5.45. The van der Waals surface area contributed by atoms with E-state index in [1.807, 2.05) is 0 Å². The van der Waals surface area contributed by atoms with Crippen LogP contribution in [0.2, 0.25) is 0 Å². The van der Waals surface area contributed by atoms with Gasteiger partial charge in [-0.2, -0.15) is 0 Å². The summed E-state index contributed by atoms with van der Waals surface area (Å²) < 4.78 is 0. The maximum Gasteiger partial charge on any atom is -0.00656 e. The summed E-state index contributed by atoms with van der Waals surface area (Å²) in [4.78, 5) is 0. The van der Waals surface area contributed by atoms with Crippen molar-refractivity contribution >= 4 is 23.8 Å². The first kappa shape index (κ1) is 19.6. The van der Waals surface area contributed by atoms with Gasteiger partial charge in [-0.1, -0.05) is 117 Å². The van der Waals surface area contributed by atoms with Crippen molar-refractivity contribution in [1.29, 1.82) is 0 Å². The molecule has 0 unspecified atom stereocenters. The minimum absolute atomic E-state index is 0.630. The van der Waals surface area contributed by atoms with Gasteiger partial charge in [0.2, 0.25) is 0 Å². The average molecular weight is 394 g/mol. The lowest BCUT2D eigenvalue weighted by Gasteiger charge is -2.25. The Kier molecular flexibility index (Phi) is 6.23. The molecule has 0 saturated heterocycles. The van der Waals surface area contributed by atoms with Crippen molar-refractivity contribution < 1.29 is 0 Å². The van der Waals surface area contributed by atoms with Crippen molar-refractivity contribution in [2.24, 2.45) is 0 Å². The largest absolute Gasteiger partial charge is 0.0622 e. The lowest BCUT2D eigenvalue weighted by atomic mass is 9.92. The highest BCUT2D eigenvalue weighted by Crippen LogP contribution is 2.39. The number of aryl methyl sites for hydroxylation is 1. The molecule has 4 aromatic rings. The van der Waals surface area contributed by atoms with Gasteiger partial charge in [0, 0.05) is 0 Å². The van der Waals surface area contributed by atoms with Gasteiger partial charge in [-0.05, 0) is 58.9 Å². The second kappa shape index (κ2) is 9.21. The summed E-state index contributed by atoms with van der Waals surface area (Å²) in [6.45, 7) is 4.55. The number of benzene rings is 4. The molecule has 4 aromatic carbocycles. The van der Waals surface area contributed by atoms with Gasteiger partial charge in [0.25, 0.3) is 0 Å². The predicted octanol–water partition coefficient (Wildman–Crippen LogP) is 6.24. The Bertz CT molecular complexity index is 1010. The van der Waals surface area contributed by atoms with E-state index in [1.54, 1.807) is 0 Å². The van der Waals surface area contributed by atoms with Crippen LogP contribution in [0.15, 0.2) is 103 Å². The summed E-state index contributed by atoms with van der Waals surface area (Å²) in [7, 11) is -0.630. The molecule has 0 saturated carbocycles. The molecule has 0 radical (unpaired) electrons. The van der Waals surface area contributed by atoms with E-state index in [9.17, 15) is 0 Å². The normalized spacial score (nSPS) is 11.0. The van der Waals surface area contributed by atoms with Gasteiger partial charge in [-0.25, -0.2) is 0 Å². The fraction of sp³-hybridized carbons (Fsp3) is 0.143. The third-order valence-corrected chi connectivity index (χ3v) is 7.94. The van der Waals surface area contributed by atoms with Crippen molar-refractivity contribution in [1.82, 2.24) is 0 Å². The average Bonchev–Trinajstić information content (AvgIpc) is 2.80. The van der Waals surface area contributed by atoms with Crippen LogP contribution in [0, 0.1) is 0 Å². The van der Waals surface area contributed by atoms with Gasteiger partial charge in [0.15, 0.2) is 0 Å². The van der Waals surface area contributed by atoms with Crippen molar-refractivity contribution in [2.75, 3.05) is 0 Å². The molecule has 0 bridgehead atoms. The van der Waals surface area contributed by atoms with Crippen LogP contribution in [-0.4, -0.2) is 0 Å². The molecule has 4 rings (SSSR count). The first-order valence-electron chi connectivity index (χ1n) is 10.4. The minimum Gasteiger partial charge on any atom is -0.0622 e. The summed E-state index contributed by atoms with van der Waals surface area (Å²) in [5, 5.41) is 4.26. The Hall–Kier alpha value is -2.69. The van der Waals surface area contributed by atoms with Crippen molar-refractivity contribution in [3.63, 3.8) is 0 Å². The molecule has 0 atom stereocenters. The maximum atomic E-state index is 2.39. The molecular formula is C28H27P. The highest BCUT2D eigenvalue weighted by molar-refractivity contribution is 7.80. The second-order valence-corrected chi connectivity index (χ2v) is 9.36. The third kappa shape index (κ3) is 4.04. The van der Waals surface area contributed by atoms with E-state index >= 15 is 0 Å². The fourth-order valence-electron chi connectivity index (χ4n) is 4.11. The maximum absolute atomic E-state index is 2.39. The molecule has 0 aliphatic heterocycles. The van der Waals surface area contributed by atoms with Crippen LogP contribution in [0.1, 0.15) is 25.0 Å². The fourth-order valence-corrected chi connectivity index (χ4v) is 6.61. The van der Waals surface area contributed by atoms with Crippen LogP contribution < -0.4 is 15.9 Å². The number of hydrogen-bond donors (Lipinski definition) is 0. The molecule has 0 aromatic heterocycles. The SMILES string of the molecule is CCc1ccc(P(c2ccccc2)c2ccccc2)c(-c2ccccc2)c1CC. The van der Waals surface area contributed by atoms with Crippen molar-refractivity contribution in [2.45, 2.75) is 26.7 Å². The molecule has 0 N–H and O–H groups in total. The summed E-state index contributed by atoms with van der Waals surface area (Å²) in [5.41, 5.74) is 5.72. The van der Waals surface area contributed by atoms with Gasteiger partial charge in [0.05, 0.1) is 0 Å². The Labute approximate surface area is 176 Å². The van der Waals surface area contributed by atoms with E-state index < -0.39 is 7.92 Å². The van der Waals surface area contributed by atoms with Crippen LogP contribution in [0.25, 0.3) is 11.1 Å². The molecular weight excluding hydrogens is 367 g/mol. The smallest absolute Gasteiger partial charge is 0.00656 e. The first-order valence-corrected chi connectivity index (χ1v) is 11.8. The van der Waals surface area contributed by atoms with E-state index in [0.29, 0.717) is 0 Å². The molecule has 0 fully saturated rings. The molecule has 0 spiro atoms. The number of rotatable bonds is 6. The Morgan fingerprint density at radius 2 is 1.07 bits per heavy atom. The lowest BCUT2D eigenvalue weighted by molar-refractivity contribution is 1.04. The molecule has 0 nitrogen and oxygen atoms in total. The molecule has 1 heteroatoms. The standard InChI is InChI=1S/C28H27P/c1-3-22-20-21-27(28(26(22)4-2)23-14-8-5-9-15-23)29(24-16-10-6-11-17-24)25-18-12-7-13-19-25/h5-21H,3-4H2,1-2H3. The summed E-state index contributed by atoms with van der Waals surface area (Å²) in [6, 6.07) is 37.7. The predicted molar refractivity (Wildman–Crippen MR) is 129 cm³/mol. The van der Waals surface area contributed by atoms with Crippen LogP contribution in [0.5, 0.6) is 0 Å². The Morgan fingerprint density at radius 1 is 0.552 bits per heavy atom. The van der Waals surface area contributed by atoms with Crippen LogP contribution in [0.4, 0.5) is 0 Å². The van der Waals surface area contributed by atoms with Gasteiger partial charge in [-0.3, -0.25) is 0 Å². The van der Waals surface area contributed by atoms with E-state index in [0.717, 1.165) is 12.8 Å². The number of hydrogen-bond acceptors (Lipinski definition) is 0. The molecule has 0 aliphatic carbocycles. The van der Waals surface area contributed by atoms with Crippen molar-refractivity contribution in [3.05, 3.63) is 114 Å². The summed E-state index contributed by atoms with van der Waals surface area (Å²) >= 11 is 0. The van der Waals surface area contributed by atoms with Gasteiger partial charge in [0.1, 0.15) is 0 Å². The summed E-state index contributed by atoms with van der Waals surface area (Å²) in [5.74, 6) is 0. The van der Waals surface area contributed by atoms with Gasteiger partial charge < -0.3 is 0 Å². The van der Waals surface area contributed by atoms with Crippen LogP contribution in [0.3, 0.4) is 0 Å². The lowest BCUT2D eigenvalue weighted by Crippen LogP contribution is -2.23. The van der Waals surface area contributed by atoms with E-state index in [4.69, 9.17) is 0 Å².